The molecule has 1 amide bonds. The first-order chi connectivity index (χ1) is 9.63. The number of methoxy groups -OCH3 is 1. The number of ether oxygens (including phenoxy) is 2. The third kappa shape index (κ3) is 3.05. The normalized spacial score (nSPS) is 10.2. The second-order valence-electron chi connectivity index (χ2n) is 3.90. The van der Waals surface area contributed by atoms with Gasteiger partial charge in [0.25, 0.3) is 11.8 Å². The number of anilines is 1. The number of carbonyl (C=O) groups excluding carboxylic acids is 1. The molecule has 2 aromatic rings. The number of rotatable bonds is 5. The van der Waals surface area contributed by atoms with E-state index in [1.807, 2.05) is 6.92 Å². The molecule has 1 aromatic carbocycles. The monoisotopic (exact) mass is 277 g/mol. The molecule has 0 aliphatic heterocycles. The minimum absolute atomic E-state index is 0.109. The molecule has 7 heteroatoms. The van der Waals surface area contributed by atoms with Gasteiger partial charge >= 0.3 is 0 Å². The fraction of sp³-hybridized carbons (Fsp3) is 0.308. The van der Waals surface area contributed by atoms with Gasteiger partial charge in [0.15, 0.2) is 0 Å². The highest BCUT2D eigenvalue weighted by Gasteiger charge is 2.15. The van der Waals surface area contributed by atoms with Gasteiger partial charge in [0, 0.05) is 6.92 Å². The Morgan fingerprint density at radius 2 is 2.25 bits per heavy atom. The molecule has 0 saturated heterocycles. The van der Waals surface area contributed by atoms with Crippen molar-refractivity contribution in [1.82, 2.24) is 10.1 Å². The van der Waals surface area contributed by atoms with Crippen molar-refractivity contribution in [2.24, 2.45) is 0 Å². The molecule has 20 heavy (non-hydrogen) atoms. The van der Waals surface area contributed by atoms with E-state index in [2.05, 4.69) is 15.5 Å². The number of nitrogens with one attached hydrogen (secondary N) is 1. The average Bonchev–Trinajstić information content (AvgIpc) is 2.87. The van der Waals surface area contributed by atoms with Crippen LogP contribution in [0.4, 0.5) is 5.95 Å². The Hall–Kier alpha value is -2.57. The van der Waals surface area contributed by atoms with Crippen LogP contribution in [0.3, 0.4) is 0 Å². The largest absolute Gasteiger partial charge is 0.497 e. The van der Waals surface area contributed by atoms with Gasteiger partial charge in [0.1, 0.15) is 11.5 Å². The van der Waals surface area contributed by atoms with E-state index in [1.165, 1.54) is 6.92 Å². The molecule has 0 fully saturated rings. The lowest BCUT2D eigenvalue weighted by Crippen LogP contribution is -2.06. The maximum absolute atomic E-state index is 11.0. The van der Waals surface area contributed by atoms with Gasteiger partial charge in [0.05, 0.1) is 19.3 Å². The zero-order chi connectivity index (χ0) is 14.5. The van der Waals surface area contributed by atoms with Crippen molar-refractivity contribution in [3.05, 3.63) is 18.2 Å². The van der Waals surface area contributed by atoms with Crippen LogP contribution in [0.5, 0.6) is 11.5 Å². The minimum Gasteiger partial charge on any atom is -0.497 e. The second-order valence-corrected chi connectivity index (χ2v) is 3.90. The van der Waals surface area contributed by atoms with Gasteiger partial charge in [-0.2, -0.15) is 4.98 Å². The summed E-state index contributed by atoms with van der Waals surface area (Å²) in [4.78, 5) is 15.0. The van der Waals surface area contributed by atoms with Crippen LogP contribution in [-0.2, 0) is 4.79 Å². The van der Waals surface area contributed by atoms with Crippen molar-refractivity contribution >= 4 is 11.9 Å². The van der Waals surface area contributed by atoms with E-state index in [9.17, 15) is 4.79 Å². The minimum atomic E-state index is -0.270. The van der Waals surface area contributed by atoms with E-state index in [4.69, 9.17) is 14.0 Å². The van der Waals surface area contributed by atoms with Gasteiger partial charge in [-0.3, -0.25) is 10.1 Å². The zero-order valence-electron chi connectivity index (χ0n) is 11.5. The highest BCUT2D eigenvalue weighted by Crippen LogP contribution is 2.33. The van der Waals surface area contributed by atoms with Crippen LogP contribution in [-0.4, -0.2) is 29.8 Å². The van der Waals surface area contributed by atoms with Crippen LogP contribution in [0, 0.1) is 0 Å². The van der Waals surface area contributed by atoms with E-state index in [-0.39, 0.29) is 17.7 Å². The first-order valence-corrected chi connectivity index (χ1v) is 6.06. The lowest BCUT2D eigenvalue weighted by atomic mass is 10.2. The van der Waals surface area contributed by atoms with Crippen molar-refractivity contribution < 1.29 is 18.8 Å². The summed E-state index contributed by atoms with van der Waals surface area (Å²) in [6.07, 6.45) is 0. The summed E-state index contributed by atoms with van der Waals surface area (Å²) < 4.78 is 15.8. The molecule has 2 rings (SSSR count). The molecule has 7 nitrogen and oxygen atoms in total. The average molecular weight is 277 g/mol. The third-order valence-electron chi connectivity index (χ3n) is 2.43. The number of nitrogens with zero attached hydrogens (tertiary/aromatic N) is 2. The van der Waals surface area contributed by atoms with E-state index in [0.717, 1.165) is 0 Å². The van der Waals surface area contributed by atoms with Gasteiger partial charge < -0.3 is 14.0 Å². The SMILES string of the molecule is CCOc1ccc(OC)cc1-c1nc(NC(C)=O)no1. The molecule has 0 bridgehead atoms. The zero-order valence-corrected chi connectivity index (χ0v) is 11.5. The third-order valence-corrected chi connectivity index (χ3v) is 2.43. The molecule has 0 aliphatic rings. The molecule has 0 radical (unpaired) electrons. The molecule has 106 valence electrons. The fourth-order valence-corrected chi connectivity index (χ4v) is 1.63. The molecule has 1 aromatic heterocycles. The lowest BCUT2D eigenvalue weighted by molar-refractivity contribution is -0.114. The standard InChI is InChI=1S/C13H15N3O4/c1-4-19-11-6-5-9(18-3)7-10(11)12-15-13(16-20-12)14-8(2)17/h5-7H,4H2,1-3H3,(H,14,16,17). The summed E-state index contributed by atoms with van der Waals surface area (Å²) in [6, 6.07) is 5.27. The molecule has 1 heterocycles. The molecule has 1 N–H and O–H groups in total. The van der Waals surface area contributed by atoms with Crippen molar-refractivity contribution in [2.75, 3.05) is 19.0 Å². The van der Waals surface area contributed by atoms with Crippen molar-refractivity contribution in [3.63, 3.8) is 0 Å². The van der Waals surface area contributed by atoms with Crippen molar-refractivity contribution in [1.29, 1.82) is 0 Å². The van der Waals surface area contributed by atoms with Crippen LogP contribution < -0.4 is 14.8 Å². The highest BCUT2D eigenvalue weighted by molar-refractivity contribution is 5.86. The van der Waals surface area contributed by atoms with Crippen LogP contribution in [0.15, 0.2) is 22.7 Å². The first-order valence-electron chi connectivity index (χ1n) is 6.06. The molecule has 0 unspecified atom stereocenters. The number of aromatic nitrogens is 2. The Bertz CT molecular complexity index is 609. The predicted octanol–water partition coefficient (Wildman–Crippen LogP) is 2.10. The number of benzene rings is 1. The Morgan fingerprint density at radius 1 is 1.45 bits per heavy atom. The summed E-state index contributed by atoms with van der Waals surface area (Å²) in [5.74, 6) is 1.33. The maximum atomic E-state index is 11.0. The van der Waals surface area contributed by atoms with E-state index >= 15 is 0 Å². The molecular weight excluding hydrogens is 262 g/mol. The number of carbonyl (C=O) groups is 1. The quantitative estimate of drug-likeness (QED) is 0.900. The molecular formula is C13H15N3O4. The smallest absolute Gasteiger partial charge is 0.270 e. The molecule has 0 spiro atoms. The van der Waals surface area contributed by atoms with Crippen LogP contribution in [0.25, 0.3) is 11.5 Å². The summed E-state index contributed by atoms with van der Waals surface area (Å²) in [7, 11) is 1.57. The lowest BCUT2D eigenvalue weighted by Gasteiger charge is -2.08. The highest BCUT2D eigenvalue weighted by atomic mass is 16.5. The topological polar surface area (TPSA) is 86.5 Å². The predicted molar refractivity (Wildman–Crippen MR) is 71.8 cm³/mol. The van der Waals surface area contributed by atoms with Gasteiger partial charge in [-0.1, -0.05) is 0 Å². The van der Waals surface area contributed by atoms with Crippen LogP contribution in [0.2, 0.25) is 0 Å². The summed E-state index contributed by atoms with van der Waals surface area (Å²) >= 11 is 0. The van der Waals surface area contributed by atoms with E-state index < -0.39 is 0 Å². The summed E-state index contributed by atoms with van der Waals surface area (Å²) in [5, 5.41) is 6.12. The number of hydrogen-bond donors (Lipinski definition) is 1. The van der Waals surface area contributed by atoms with Crippen molar-refractivity contribution in [2.45, 2.75) is 13.8 Å². The van der Waals surface area contributed by atoms with Gasteiger partial charge in [-0.05, 0) is 30.3 Å². The van der Waals surface area contributed by atoms with Crippen LogP contribution >= 0.6 is 0 Å². The van der Waals surface area contributed by atoms with Crippen LogP contribution in [0.1, 0.15) is 13.8 Å². The molecule has 0 aliphatic carbocycles. The maximum Gasteiger partial charge on any atom is 0.270 e. The van der Waals surface area contributed by atoms with Gasteiger partial charge in [-0.15, -0.1) is 0 Å². The Balaban J connectivity index is 2.38. The van der Waals surface area contributed by atoms with Crippen molar-refractivity contribution in [3.8, 4) is 23.0 Å². The molecule has 0 atom stereocenters. The van der Waals surface area contributed by atoms with Gasteiger partial charge in [-0.25, -0.2) is 0 Å². The first kappa shape index (κ1) is 13.9. The molecule has 0 saturated carbocycles. The Morgan fingerprint density at radius 3 is 2.90 bits per heavy atom. The Kier molecular flexibility index (Phi) is 4.19. The van der Waals surface area contributed by atoms with E-state index in [1.54, 1.807) is 25.3 Å². The van der Waals surface area contributed by atoms with E-state index in [0.29, 0.717) is 23.7 Å². The summed E-state index contributed by atoms with van der Waals surface area (Å²) in [6.45, 7) is 3.75. The second kappa shape index (κ2) is 6.05. The Labute approximate surface area is 115 Å². The summed E-state index contributed by atoms with van der Waals surface area (Å²) in [5.41, 5.74) is 0.607. The number of amides is 1. The fourth-order valence-electron chi connectivity index (χ4n) is 1.63. The van der Waals surface area contributed by atoms with Gasteiger partial charge in [0.2, 0.25) is 5.91 Å². The number of hydrogen-bond acceptors (Lipinski definition) is 6.